The maximum absolute atomic E-state index is 14.1. The highest BCUT2D eigenvalue weighted by molar-refractivity contribution is 7.92. The maximum atomic E-state index is 14.1. The molecule has 1 aromatic rings. The van der Waals surface area contributed by atoms with Gasteiger partial charge >= 0.3 is 0 Å². The Hall–Kier alpha value is -2.15. The highest BCUT2D eigenvalue weighted by Crippen LogP contribution is 2.48. The van der Waals surface area contributed by atoms with Crippen LogP contribution < -0.4 is 5.32 Å². The van der Waals surface area contributed by atoms with Crippen molar-refractivity contribution >= 4 is 33.3 Å². The van der Waals surface area contributed by atoms with Gasteiger partial charge in [-0.3, -0.25) is 14.5 Å². The van der Waals surface area contributed by atoms with Crippen molar-refractivity contribution in [2.75, 3.05) is 19.6 Å². The molecule has 2 saturated heterocycles. The number of nitriles is 1. The second-order valence-corrected chi connectivity index (χ2v) is 14.3. The molecule has 10 heteroatoms. The summed E-state index contributed by atoms with van der Waals surface area (Å²) in [6, 6.07) is 7.47. The molecule has 4 fully saturated rings. The Balaban J connectivity index is 1.44. The summed E-state index contributed by atoms with van der Waals surface area (Å²) < 4.78 is 27.2. The molecule has 1 N–H and O–H groups in total. The van der Waals surface area contributed by atoms with Crippen LogP contribution in [0.5, 0.6) is 0 Å². The molecule has 2 saturated carbocycles. The van der Waals surface area contributed by atoms with Gasteiger partial charge in [0.15, 0.2) is 9.84 Å². The number of likely N-dealkylation sites (tertiary alicyclic amines) is 2. The van der Waals surface area contributed by atoms with Gasteiger partial charge in [-0.1, -0.05) is 37.6 Å². The quantitative estimate of drug-likeness (QED) is 0.603. The summed E-state index contributed by atoms with van der Waals surface area (Å²) in [5, 5.41) is 11.5. The number of sulfone groups is 1. The molecule has 4 aliphatic rings. The Morgan fingerprint density at radius 3 is 2.42 bits per heavy atom. The number of carbonyl (C=O) groups is 2. The normalized spacial score (nSPS) is 28.2. The summed E-state index contributed by atoms with van der Waals surface area (Å²) in [6.07, 6.45) is 4.60. The average molecular weight is 533 g/mol. The predicted molar refractivity (Wildman–Crippen MR) is 135 cm³/mol. The number of benzene rings is 1. The van der Waals surface area contributed by atoms with Crippen LogP contribution in [0.25, 0.3) is 0 Å². The van der Waals surface area contributed by atoms with Gasteiger partial charge < -0.3 is 10.2 Å². The Bertz CT molecular complexity index is 1230. The molecular formula is C26H33ClN4O4S. The zero-order valence-corrected chi connectivity index (χ0v) is 22.4. The Morgan fingerprint density at radius 1 is 1.14 bits per heavy atom. The van der Waals surface area contributed by atoms with E-state index in [2.05, 4.69) is 30.1 Å². The van der Waals surface area contributed by atoms with E-state index in [0.717, 1.165) is 25.9 Å². The minimum atomic E-state index is -3.89. The molecule has 2 atom stereocenters. The summed E-state index contributed by atoms with van der Waals surface area (Å²) in [5.41, 5.74) is -1.48. The second-order valence-electron chi connectivity index (χ2n) is 11.7. The third-order valence-electron chi connectivity index (χ3n) is 8.36. The Kier molecular flexibility index (Phi) is 6.17. The summed E-state index contributed by atoms with van der Waals surface area (Å²) >= 11 is 6.23. The van der Waals surface area contributed by atoms with Crippen molar-refractivity contribution in [1.82, 2.24) is 15.1 Å². The predicted octanol–water partition coefficient (Wildman–Crippen LogP) is 2.91. The van der Waals surface area contributed by atoms with Gasteiger partial charge in [0.05, 0.1) is 21.2 Å². The number of nitrogens with zero attached hydrogens (tertiary/aromatic N) is 3. The van der Waals surface area contributed by atoms with Crippen LogP contribution in [0.2, 0.25) is 5.02 Å². The van der Waals surface area contributed by atoms with Crippen molar-refractivity contribution < 1.29 is 18.0 Å². The third-order valence-corrected chi connectivity index (χ3v) is 11.0. The number of piperidine rings is 1. The van der Waals surface area contributed by atoms with E-state index < -0.39 is 38.1 Å². The zero-order chi connectivity index (χ0) is 25.9. The summed E-state index contributed by atoms with van der Waals surface area (Å²) in [5.74, 6) is -0.618. The molecule has 0 aromatic heterocycles. The first-order valence-corrected chi connectivity index (χ1v) is 14.6. The minimum absolute atomic E-state index is 0.0136. The summed E-state index contributed by atoms with van der Waals surface area (Å²) in [4.78, 5) is 31.2. The van der Waals surface area contributed by atoms with Gasteiger partial charge in [-0.25, -0.2) is 8.42 Å². The minimum Gasteiger partial charge on any atom is -0.336 e. The molecule has 0 spiro atoms. The zero-order valence-electron chi connectivity index (χ0n) is 20.8. The molecule has 2 heterocycles. The van der Waals surface area contributed by atoms with Crippen LogP contribution in [0.4, 0.5) is 0 Å². The van der Waals surface area contributed by atoms with Gasteiger partial charge in [0.1, 0.15) is 17.1 Å². The van der Waals surface area contributed by atoms with Crippen molar-refractivity contribution in [2.24, 2.45) is 5.41 Å². The number of nitrogens with one attached hydrogen (secondary N) is 1. The number of rotatable bonds is 6. The number of amides is 2. The number of hydrogen-bond acceptors (Lipinski definition) is 6. The first-order chi connectivity index (χ1) is 16.9. The fourth-order valence-electron chi connectivity index (χ4n) is 5.90. The lowest BCUT2D eigenvalue weighted by molar-refractivity contribution is -0.145. The largest absolute Gasteiger partial charge is 0.336 e. The molecule has 0 unspecified atom stereocenters. The average Bonchev–Trinajstić information content (AvgIpc) is 3.75. The standard InChI is InChI=1S/C26H33ClN4O4S/c1-24(2)8-5-13-30(17-24)26(11-12-26)23(33)31-15-18(36(34,35)21-7-4-3-6-19(21)27)14-20(31)22(32)29-25(16-28)9-10-25/h3-4,6-7,18,20H,5,8-15,17H2,1-2H3,(H,29,32)/t18-,20+/m1/s1. The molecular weight excluding hydrogens is 500 g/mol. The summed E-state index contributed by atoms with van der Waals surface area (Å²) in [7, 11) is -3.89. The van der Waals surface area contributed by atoms with Crippen LogP contribution in [0, 0.1) is 16.7 Å². The smallest absolute Gasteiger partial charge is 0.244 e. The van der Waals surface area contributed by atoms with E-state index in [4.69, 9.17) is 11.6 Å². The van der Waals surface area contributed by atoms with Crippen LogP contribution >= 0.6 is 11.6 Å². The van der Waals surface area contributed by atoms with Crippen molar-refractivity contribution in [3.05, 3.63) is 29.3 Å². The second kappa shape index (κ2) is 8.71. The lowest BCUT2D eigenvalue weighted by Gasteiger charge is -2.43. The number of halogens is 1. The highest BCUT2D eigenvalue weighted by atomic mass is 35.5. The fourth-order valence-corrected chi connectivity index (χ4v) is 8.12. The van der Waals surface area contributed by atoms with Crippen molar-refractivity contribution in [3.63, 3.8) is 0 Å². The van der Waals surface area contributed by atoms with E-state index in [1.807, 2.05) is 0 Å². The molecule has 2 aliphatic carbocycles. The molecule has 2 amide bonds. The topological polar surface area (TPSA) is 111 Å². The van der Waals surface area contributed by atoms with E-state index >= 15 is 0 Å². The van der Waals surface area contributed by atoms with Gasteiger partial charge in [-0.2, -0.15) is 5.26 Å². The molecule has 5 rings (SSSR count). The molecule has 36 heavy (non-hydrogen) atoms. The Labute approximate surface area is 217 Å². The van der Waals surface area contributed by atoms with Crippen LogP contribution in [0.15, 0.2) is 29.2 Å². The molecule has 8 nitrogen and oxygen atoms in total. The van der Waals surface area contributed by atoms with E-state index in [0.29, 0.717) is 25.7 Å². The fraction of sp³-hybridized carbons (Fsp3) is 0.654. The Morgan fingerprint density at radius 2 is 1.83 bits per heavy atom. The van der Waals surface area contributed by atoms with Crippen molar-refractivity contribution in [1.29, 1.82) is 5.26 Å². The first kappa shape index (κ1) is 25.5. The molecule has 194 valence electrons. The number of carbonyl (C=O) groups excluding carboxylic acids is 2. The van der Waals surface area contributed by atoms with Crippen LogP contribution in [0.1, 0.15) is 58.8 Å². The van der Waals surface area contributed by atoms with Crippen LogP contribution in [-0.2, 0) is 19.4 Å². The third kappa shape index (κ3) is 4.42. The highest BCUT2D eigenvalue weighted by Gasteiger charge is 2.60. The van der Waals surface area contributed by atoms with Gasteiger partial charge in [-0.05, 0) is 69.0 Å². The van der Waals surface area contributed by atoms with Crippen molar-refractivity contribution in [3.8, 4) is 6.07 Å². The van der Waals surface area contributed by atoms with Gasteiger partial charge in [0.25, 0.3) is 0 Å². The lowest BCUT2D eigenvalue weighted by Crippen LogP contribution is -2.58. The van der Waals surface area contributed by atoms with Gasteiger partial charge in [0, 0.05) is 13.1 Å². The van der Waals surface area contributed by atoms with E-state index in [1.54, 1.807) is 12.1 Å². The van der Waals surface area contributed by atoms with E-state index in [-0.39, 0.29) is 34.2 Å². The molecule has 0 radical (unpaired) electrons. The molecule has 1 aromatic carbocycles. The van der Waals surface area contributed by atoms with E-state index in [1.165, 1.54) is 17.0 Å². The lowest BCUT2D eigenvalue weighted by atomic mass is 9.83. The van der Waals surface area contributed by atoms with E-state index in [9.17, 15) is 23.3 Å². The SMILES string of the molecule is CC1(C)CCCN(C2(C(=O)N3C[C@H](S(=O)(=O)c4ccccc4Cl)C[C@H]3C(=O)NC3(C#N)CC3)CC2)C1. The summed E-state index contributed by atoms with van der Waals surface area (Å²) in [6.45, 7) is 5.95. The number of hydrogen-bond donors (Lipinski definition) is 1. The van der Waals surface area contributed by atoms with Gasteiger partial charge in [0.2, 0.25) is 11.8 Å². The van der Waals surface area contributed by atoms with Gasteiger partial charge in [-0.15, -0.1) is 0 Å². The first-order valence-electron chi connectivity index (χ1n) is 12.7. The monoisotopic (exact) mass is 532 g/mol. The van der Waals surface area contributed by atoms with Crippen LogP contribution in [0.3, 0.4) is 0 Å². The maximum Gasteiger partial charge on any atom is 0.244 e. The van der Waals surface area contributed by atoms with Crippen LogP contribution in [-0.4, -0.2) is 72.0 Å². The molecule has 2 aliphatic heterocycles. The van der Waals surface area contributed by atoms with Crippen molar-refractivity contribution in [2.45, 2.75) is 86.1 Å². The molecule has 0 bridgehead atoms.